The van der Waals surface area contributed by atoms with Gasteiger partial charge in [0.15, 0.2) is 0 Å². The van der Waals surface area contributed by atoms with E-state index in [9.17, 15) is 0 Å². The van der Waals surface area contributed by atoms with Crippen molar-refractivity contribution in [1.82, 2.24) is 14.8 Å². The Kier molecular flexibility index (Phi) is 2.08. The summed E-state index contributed by atoms with van der Waals surface area (Å²) in [6.45, 7) is 2.11. The molecule has 0 fully saturated rings. The predicted molar refractivity (Wildman–Crippen MR) is 50.3 cm³/mol. The first-order valence-electron chi connectivity index (χ1n) is 4.27. The molecule has 0 bridgehead atoms. The predicted octanol–water partition coefficient (Wildman–Crippen LogP) is 1.89. The highest BCUT2D eigenvalue weighted by Gasteiger charge is 2.05. The summed E-state index contributed by atoms with van der Waals surface area (Å²) in [5.74, 6) is 0. The van der Waals surface area contributed by atoms with Gasteiger partial charge in [-0.2, -0.15) is 5.10 Å². The maximum Gasteiger partial charge on any atom is 0.0741 e. The minimum Gasteiger partial charge on any atom is -0.266 e. The van der Waals surface area contributed by atoms with Crippen molar-refractivity contribution in [2.45, 2.75) is 13.0 Å². The van der Waals surface area contributed by atoms with E-state index >= 15 is 0 Å². The van der Waals surface area contributed by atoms with Crippen molar-refractivity contribution in [2.24, 2.45) is 0 Å². The Morgan fingerprint density at radius 2 is 2.00 bits per heavy atom. The highest BCUT2D eigenvalue weighted by molar-refractivity contribution is 5.14. The van der Waals surface area contributed by atoms with Gasteiger partial charge in [-0.3, -0.25) is 9.67 Å². The van der Waals surface area contributed by atoms with Crippen LogP contribution < -0.4 is 0 Å². The van der Waals surface area contributed by atoms with Crippen molar-refractivity contribution in [2.75, 3.05) is 0 Å². The zero-order valence-electron chi connectivity index (χ0n) is 7.46. The Balaban J connectivity index is 2.29. The van der Waals surface area contributed by atoms with Crippen molar-refractivity contribution >= 4 is 0 Å². The van der Waals surface area contributed by atoms with Crippen LogP contribution in [0.25, 0.3) is 0 Å². The second-order valence-electron chi connectivity index (χ2n) is 2.94. The molecule has 0 aliphatic carbocycles. The van der Waals surface area contributed by atoms with Crippen LogP contribution in [0.15, 0.2) is 43.0 Å². The zero-order chi connectivity index (χ0) is 9.10. The van der Waals surface area contributed by atoms with E-state index in [1.54, 1.807) is 18.6 Å². The van der Waals surface area contributed by atoms with Gasteiger partial charge >= 0.3 is 0 Å². The largest absolute Gasteiger partial charge is 0.266 e. The lowest BCUT2D eigenvalue weighted by Gasteiger charge is -2.11. The second-order valence-corrected chi connectivity index (χ2v) is 2.94. The summed E-state index contributed by atoms with van der Waals surface area (Å²) >= 11 is 0. The van der Waals surface area contributed by atoms with Crippen LogP contribution in [-0.2, 0) is 0 Å². The van der Waals surface area contributed by atoms with E-state index < -0.39 is 0 Å². The molecule has 0 N–H and O–H groups in total. The standard InChI is InChI=1S/C10H11N3/c1-9(13-8-2-5-12-13)10-3-6-11-7-4-10/h2-9H,1H3. The van der Waals surface area contributed by atoms with Crippen LogP contribution in [0.1, 0.15) is 18.5 Å². The molecule has 1 atom stereocenters. The minimum atomic E-state index is 0.276. The average molecular weight is 173 g/mol. The number of hydrogen-bond acceptors (Lipinski definition) is 2. The van der Waals surface area contributed by atoms with E-state index in [1.807, 2.05) is 29.1 Å². The molecule has 2 heterocycles. The summed E-state index contributed by atoms with van der Waals surface area (Å²) in [6.07, 6.45) is 7.35. The van der Waals surface area contributed by atoms with Crippen molar-refractivity contribution in [3.05, 3.63) is 48.5 Å². The molecule has 3 heteroatoms. The van der Waals surface area contributed by atoms with Gasteiger partial charge in [-0.15, -0.1) is 0 Å². The molecular formula is C10H11N3. The molecule has 2 aromatic heterocycles. The Morgan fingerprint density at radius 1 is 1.23 bits per heavy atom. The van der Waals surface area contributed by atoms with Crippen LogP contribution in [0.5, 0.6) is 0 Å². The molecule has 3 nitrogen and oxygen atoms in total. The Hall–Kier alpha value is -1.64. The Morgan fingerprint density at radius 3 is 2.62 bits per heavy atom. The summed E-state index contributed by atoms with van der Waals surface area (Å²) in [5.41, 5.74) is 1.22. The molecule has 0 saturated carbocycles. The van der Waals surface area contributed by atoms with Crippen LogP contribution in [0, 0.1) is 0 Å². The Labute approximate surface area is 77.0 Å². The summed E-state index contributed by atoms with van der Waals surface area (Å²) < 4.78 is 1.93. The normalized spacial score (nSPS) is 12.7. The van der Waals surface area contributed by atoms with Crippen LogP contribution in [0.4, 0.5) is 0 Å². The summed E-state index contributed by atoms with van der Waals surface area (Å²) in [6, 6.07) is 6.22. The van der Waals surface area contributed by atoms with E-state index in [1.165, 1.54) is 5.56 Å². The molecule has 2 rings (SSSR count). The minimum absolute atomic E-state index is 0.276. The Bertz CT molecular complexity index is 353. The van der Waals surface area contributed by atoms with Gasteiger partial charge in [0.25, 0.3) is 0 Å². The van der Waals surface area contributed by atoms with Gasteiger partial charge in [-0.1, -0.05) is 0 Å². The quantitative estimate of drug-likeness (QED) is 0.694. The number of hydrogen-bond donors (Lipinski definition) is 0. The van der Waals surface area contributed by atoms with Gasteiger partial charge in [-0.05, 0) is 30.7 Å². The van der Waals surface area contributed by atoms with Crippen LogP contribution in [-0.4, -0.2) is 14.8 Å². The first-order chi connectivity index (χ1) is 6.38. The third kappa shape index (κ3) is 1.59. The number of pyridine rings is 1. The second kappa shape index (κ2) is 3.39. The van der Waals surface area contributed by atoms with Crippen molar-refractivity contribution in [1.29, 1.82) is 0 Å². The summed E-state index contributed by atoms with van der Waals surface area (Å²) in [7, 11) is 0. The fraction of sp³-hybridized carbons (Fsp3) is 0.200. The van der Waals surface area contributed by atoms with Gasteiger partial charge in [0.2, 0.25) is 0 Å². The molecule has 0 amide bonds. The van der Waals surface area contributed by atoms with E-state index in [-0.39, 0.29) is 6.04 Å². The van der Waals surface area contributed by atoms with Gasteiger partial charge < -0.3 is 0 Å². The van der Waals surface area contributed by atoms with Crippen molar-refractivity contribution in [3.8, 4) is 0 Å². The highest BCUT2D eigenvalue weighted by Crippen LogP contribution is 2.14. The van der Waals surface area contributed by atoms with Crippen molar-refractivity contribution < 1.29 is 0 Å². The van der Waals surface area contributed by atoms with Crippen LogP contribution >= 0.6 is 0 Å². The summed E-state index contributed by atoms with van der Waals surface area (Å²) in [4.78, 5) is 3.98. The van der Waals surface area contributed by atoms with E-state index in [0.29, 0.717) is 0 Å². The molecule has 0 aromatic carbocycles. The molecule has 0 aliphatic rings. The molecule has 0 aliphatic heterocycles. The number of rotatable bonds is 2. The molecule has 0 spiro atoms. The number of nitrogens with zero attached hydrogens (tertiary/aromatic N) is 3. The van der Waals surface area contributed by atoms with E-state index in [2.05, 4.69) is 17.0 Å². The first kappa shape index (κ1) is 7.98. The number of aromatic nitrogens is 3. The molecule has 0 saturated heterocycles. The smallest absolute Gasteiger partial charge is 0.0741 e. The fourth-order valence-corrected chi connectivity index (χ4v) is 1.30. The molecular weight excluding hydrogens is 162 g/mol. The molecule has 0 radical (unpaired) electrons. The maximum atomic E-state index is 4.19. The third-order valence-corrected chi connectivity index (χ3v) is 2.11. The molecule has 66 valence electrons. The van der Waals surface area contributed by atoms with Crippen LogP contribution in [0.2, 0.25) is 0 Å². The SMILES string of the molecule is CC(c1ccncc1)n1cccn1. The zero-order valence-corrected chi connectivity index (χ0v) is 7.46. The van der Waals surface area contributed by atoms with E-state index in [4.69, 9.17) is 0 Å². The van der Waals surface area contributed by atoms with Gasteiger partial charge in [0.1, 0.15) is 0 Å². The molecule has 2 aromatic rings. The maximum absolute atomic E-state index is 4.19. The lowest BCUT2D eigenvalue weighted by atomic mass is 10.1. The molecule has 13 heavy (non-hydrogen) atoms. The monoisotopic (exact) mass is 173 g/mol. The first-order valence-corrected chi connectivity index (χ1v) is 4.27. The van der Waals surface area contributed by atoms with Gasteiger partial charge in [-0.25, -0.2) is 0 Å². The third-order valence-electron chi connectivity index (χ3n) is 2.11. The lowest BCUT2D eigenvalue weighted by Crippen LogP contribution is -2.06. The lowest BCUT2D eigenvalue weighted by molar-refractivity contribution is 0.564. The molecule has 1 unspecified atom stereocenters. The van der Waals surface area contributed by atoms with E-state index in [0.717, 1.165) is 0 Å². The fourth-order valence-electron chi connectivity index (χ4n) is 1.30. The topological polar surface area (TPSA) is 30.7 Å². The van der Waals surface area contributed by atoms with Gasteiger partial charge in [0, 0.05) is 24.8 Å². The average Bonchev–Trinajstić information content (AvgIpc) is 2.71. The summed E-state index contributed by atoms with van der Waals surface area (Å²) in [5, 5.41) is 4.19. The van der Waals surface area contributed by atoms with Gasteiger partial charge in [0.05, 0.1) is 6.04 Å². The van der Waals surface area contributed by atoms with Crippen LogP contribution in [0.3, 0.4) is 0 Å². The highest BCUT2D eigenvalue weighted by atomic mass is 15.3. The van der Waals surface area contributed by atoms with Crippen molar-refractivity contribution in [3.63, 3.8) is 0 Å².